The van der Waals surface area contributed by atoms with Crippen LogP contribution in [0, 0.1) is 0 Å². The molecule has 1 atom stereocenters. The highest BCUT2D eigenvalue weighted by atomic mass is 32.1. The first-order chi connectivity index (χ1) is 7.22. The average molecular weight is 222 g/mol. The number of thiophene rings is 1. The number of amides is 3. The number of aryl methyl sites for hydroxylation is 1. The van der Waals surface area contributed by atoms with Gasteiger partial charge in [-0.1, -0.05) is 0 Å². The van der Waals surface area contributed by atoms with E-state index in [4.69, 9.17) is 0 Å². The van der Waals surface area contributed by atoms with Gasteiger partial charge in [-0.05, 0) is 30.7 Å². The summed E-state index contributed by atoms with van der Waals surface area (Å²) >= 11 is 1.66. The quantitative estimate of drug-likeness (QED) is 0.646. The molecule has 1 aliphatic heterocycles. The molecule has 3 rings (SSSR count). The van der Waals surface area contributed by atoms with Crippen LogP contribution >= 0.6 is 11.3 Å². The molecule has 0 saturated carbocycles. The van der Waals surface area contributed by atoms with Crippen LogP contribution in [0.3, 0.4) is 0 Å². The van der Waals surface area contributed by atoms with Gasteiger partial charge in [0.1, 0.15) is 5.54 Å². The molecule has 1 saturated heterocycles. The monoisotopic (exact) mass is 222 g/mol. The van der Waals surface area contributed by atoms with Gasteiger partial charge in [0.25, 0.3) is 5.91 Å². The van der Waals surface area contributed by atoms with Crippen LogP contribution in [0.1, 0.15) is 23.3 Å². The molecule has 5 heteroatoms. The summed E-state index contributed by atoms with van der Waals surface area (Å²) in [6.07, 6.45) is 2.66. The first-order valence-electron chi connectivity index (χ1n) is 4.93. The molecule has 1 aliphatic carbocycles. The van der Waals surface area contributed by atoms with Crippen LogP contribution in [0.5, 0.6) is 0 Å². The van der Waals surface area contributed by atoms with Gasteiger partial charge in [0.05, 0.1) is 0 Å². The summed E-state index contributed by atoms with van der Waals surface area (Å²) in [6.45, 7) is 0. The van der Waals surface area contributed by atoms with Gasteiger partial charge in [-0.15, -0.1) is 11.3 Å². The van der Waals surface area contributed by atoms with E-state index in [1.807, 2.05) is 11.4 Å². The molecule has 0 radical (unpaired) electrons. The molecule has 1 aromatic heterocycles. The van der Waals surface area contributed by atoms with Crippen molar-refractivity contribution >= 4 is 23.3 Å². The van der Waals surface area contributed by atoms with Crippen LogP contribution < -0.4 is 10.6 Å². The van der Waals surface area contributed by atoms with Crippen molar-refractivity contribution in [3.05, 3.63) is 21.9 Å². The molecule has 2 aliphatic rings. The lowest BCUT2D eigenvalue weighted by atomic mass is 9.80. The van der Waals surface area contributed by atoms with Crippen molar-refractivity contribution in [2.24, 2.45) is 0 Å². The van der Waals surface area contributed by atoms with Gasteiger partial charge in [-0.3, -0.25) is 10.1 Å². The van der Waals surface area contributed by atoms with Crippen LogP contribution in [0.15, 0.2) is 11.4 Å². The van der Waals surface area contributed by atoms with Crippen LogP contribution in [0.2, 0.25) is 0 Å². The number of hydrogen-bond donors (Lipinski definition) is 2. The van der Waals surface area contributed by atoms with Crippen LogP contribution in [-0.4, -0.2) is 11.9 Å². The largest absolute Gasteiger partial charge is 0.322 e. The van der Waals surface area contributed by atoms with E-state index >= 15 is 0 Å². The Morgan fingerprint density at radius 2 is 2.27 bits per heavy atom. The number of carbonyl (C=O) groups excluding carboxylic acids is 2. The minimum absolute atomic E-state index is 0.202. The Balaban J connectivity index is 2.15. The van der Waals surface area contributed by atoms with Gasteiger partial charge < -0.3 is 5.32 Å². The molecule has 0 aromatic carbocycles. The third-order valence-electron chi connectivity index (χ3n) is 3.10. The molecular weight excluding hydrogens is 212 g/mol. The van der Waals surface area contributed by atoms with Crippen LogP contribution in [0.25, 0.3) is 0 Å². The molecule has 2 N–H and O–H groups in total. The SMILES string of the molecule is O=C1NC(=O)[C@@]2(CCCc3sccc32)N1. The van der Waals surface area contributed by atoms with Crippen molar-refractivity contribution in [2.45, 2.75) is 24.8 Å². The third-order valence-corrected chi connectivity index (χ3v) is 4.08. The summed E-state index contributed by atoms with van der Waals surface area (Å²) in [7, 11) is 0. The fraction of sp³-hybridized carbons (Fsp3) is 0.400. The Morgan fingerprint density at radius 1 is 1.40 bits per heavy atom. The molecular formula is C10H10N2O2S. The molecule has 15 heavy (non-hydrogen) atoms. The number of urea groups is 1. The van der Waals surface area contributed by atoms with Gasteiger partial charge in [0.15, 0.2) is 0 Å². The fourth-order valence-electron chi connectivity index (χ4n) is 2.42. The lowest BCUT2D eigenvalue weighted by Crippen LogP contribution is -2.45. The molecule has 0 unspecified atom stereocenters. The number of nitrogens with one attached hydrogen (secondary N) is 2. The normalized spacial score (nSPS) is 28.8. The van der Waals surface area contributed by atoms with E-state index in [2.05, 4.69) is 10.6 Å². The minimum atomic E-state index is -0.773. The second kappa shape index (κ2) is 2.82. The number of carbonyl (C=O) groups is 2. The second-order valence-electron chi connectivity index (χ2n) is 3.92. The molecule has 4 nitrogen and oxygen atoms in total. The van der Waals surface area contributed by atoms with Gasteiger partial charge in [0, 0.05) is 10.4 Å². The van der Waals surface area contributed by atoms with Crippen molar-refractivity contribution in [1.82, 2.24) is 10.6 Å². The Kier molecular flexibility index (Phi) is 1.68. The molecule has 78 valence electrons. The number of fused-ring (bicyclic) bond motifs is 2. The second-order valence-corrected chi connectivity index (χ2v) is 4.93. The Morgan fingerprint density at radius 3 is 3.00 bits per heavy atom. The fourth-order valence-corrected chi connectivity index (χ4v) is 3.42. The maximum atomic E-state index is 11.8. The van der Waals surface area contributed by atoms with Crippen molar-refractivity contribution in [3.63, 3.8) is 0 Å². The van der Waals surface area contributed by atoms with E-state index in [9.17, 15) is 9.59 Å². The topological polar surface area (TPSA) is 58.2 Å². The summed E-state index contributed by atoms with van der Waals surface area (Å²) in [6, 6.07) is 1.57. The predicted octanol–water partition coefficient (Wildman–Crippen LogP) is 1.12. The van der Waals surface area contributed by atoms with Crippen molar-refractivity contribution in [1.29, 1.82) is 0 Å². The van der Waals surface area contributed by atoms with E-state index in [0.29, 0.717) is 6.42 Å². The molecule has 0 bridgehead atoms. The van der Waals surface area contributed by atoms with E-state index in [1.54, 1.807) is 11.3 Å². The van der Waals surface area contributed by atoms with Gasteiger partial charge >= 0.3 is 6.03 Å². The first kappa shape index (κ1) is 8.91. The zero-order valence-electron chi connectivity index (χ0n) is 8.00. The van der Waals surface area contributed by atoms with Gasteiger partial charge in [-0.2, -0.15) is 0 Å². The number of rotatable bonds is 0. The van der Waals surface area contributed by atoms with E-state index in [0.717, 1.165) is 18.4 Å². The Labute approximate surface area is 90.7 Å². The standard InChI is InChI=1S/C10H10N2O2S/c13-8-10(12-9(14)11-8)4-1-2-7-6(10)3-5-15-7/h3,5H,1-2,4H2,(H2,11,12,13,14)/t10-/m0/s1. The van der Waals surface area contributed by atoms with Crippen LogP contribution in [-0.2, 0) is 16.8 Å². The molecule has 1 fully saturated rings. The zero-order chi connectivity index (χ0) is 10.5. The summed E-state index contributed by atoms with van der Waals surface area (Å²) in [5.41, 5.74) is 0.215. The smallest absolute Gasteiger partial charge is 0.319 e. The maximum absolute atomic E-state index is 11.8. The van der Waals surface area contributed by atoms with Gasteiger partial charge in [-0.25, -0.2) is 4.79 Å². The van der Waals surface area contributed by atoms with Crippen molar-refractivity contribution in [3.8, 4) is 0 Å². The summed E-state index contributed by atoms with van der Waals surface area (Å²) in [5.74, 6) is -0.202. The average Bonchev–Trinajstić information content (AvgIpc) is 2.74. The summed E-state index contributed by atoms with van der Waals surface area (Å²) in [4.78, 5) is 24.3. The lowest BCUT2D eigenvalue weighted by Gasteiger charge is -2.30. The number of imide groups is 1. The molecule has 1 spiro atoms. The van der Waals surface area contributed by atoms with Gasteiger partial charge in [0.2, 0.25) is 0 Å². The van der Waals surface area contributed by atoms with E-state index in [-0.39, 0.29) is 11.9 Å². The highest BCUT2D eigenvalue weighted by Gasteiger charge is 2.50. The van der Waals surface area contributed by atoms with E-state index in [1.165, 1.54) is 4.88 Å². The van der Waals surface area contributed by atoms with E-state index < -0.39 is 5.54 Å². The number of hydrogen-bond acceptors (Lipinski definition) is 3. The third kappa shape index (κ3) is 1.07. The zero-order valence-corrected chi connectivity index (χ0v) is 8.82. The molecule has 2 heterocycles. The summed E-state index contributed by atoms with van der Waals surface area (Å²) < 4.78 is 0. The van der Waals surface area contributed by atoms with Crippen molar-refractivity contribution < 1.29 is 9.59 Å². The lowest BCUT2D eigenvalue weighted by molar-refractivity contribution is -0.124. The van der Waals surface area contributed by atoms with Crippen molar-refractivity contribution in [2.75, 3.05) is 0 Å². The predicted molar refractivity (Wildman–Crippen MR) is 55.6 cm³/mol. The van der Waals surface area contributed by atoms with Crippen LogP contribution in [0.4, 0.5) is 4.79 Å². The highest BCUT2D eigenvalue weighted by Crippen LogP contribution is 2.39. The minimum Gasteiger partial charge on any atom is -0.319 e. The molecule has 3 amide bonds. The highest BCUT2D eigenvalue weighted by molar-refractivity contribution is 7.10. The molecule has 1 aromatic rings. The Hall–Kier alpha value is -1.36. The maximum Gasteiger partial charge on any atom is 0.322 e. The Bertz CT molecular complexity index is 454. The first-order valence-corrected chi connectivity index (χ1v) is 5.81. The summed E-state index contributed by atoms with van der Waals surface area (Å²) in [5, 5.41) is 7.07.